The number of nitrogens with zero attached hydrogens (tertiary/aromatic N) is 4. The van der Waals surface area contributed by atoms with Crippen LogP contribution >= 0.6 is 12.4 Å². The fraction of sp³-hybridized carbons (Fsp3) is 0. The second-order valence-corrected chi connectivity index (χ2v) is 3.10. The summed E-state index contributed by atoms with van der Waals surface area (Å²) in [7, 11) is 0. The van der Waals surface area contributed by atoms with Gasteiger partial charge in [-0.2, -0.15) is 0 Å². The lowest BCUT2D eigenvalue weighted by Crippen LogP contribution is -3.00. The van der Waals surface area contributed by atoms with Gasteiger partial charge in [-0.1, -0.05) is 0 Å². The Morgan fingerprint density at radius 2 is 1.30 bits per heavy atom. The van der Waals surface area contributed by atoms with Crippen molar-refractivity contribution in [2.75, 3.05) is 0 Å². The molecule has 0 unspecified atom stereocenters. The van der Waals surface area contributed by atoms with Crippen LogP contribution < -0.4 is 40.3 Å². The van der Waals surface area contributed by atoms with Gasteiger partial charge in [0.15, 0.2) is 0 Å². The average molecular weight is 320 g/mol. The van der Waals surface area contributed by atoms with Crippen molar-refractivity contribution in [3.8, 4) is 0 Å². The van der Waals surface area contributed by atoms with Crippen LogP contribution in [0.15, 0.2) is 38.6 Å². The van der Waals surface area contributed by atoms with Crippen molar-refractivity contribution in [3.05, 3.63) is 29.6 Å². The summed E-state index contributed by atoms with van der Waals surface area (Å²) in [6.45, 7) is 0. The van der Waals surface area contributed by atoms with Crippen LogP contribution in [0.5, 0.6) is 0 Å². The number of nitrogens with two attached hydrogens (primary N) is 4. The lowest BCUT2D eigenvalue weighted by Gasteiger charge is -1.87. The molecular weight excluding hydrogens is 305 g/mol. The normalized spacial score (nSPS) is 9.60. The highest BCUT2D eigenvalue weighted by atomic mass is 35.5. The fourth-order valence-electron chi connectivity index (χ4n) is 0.972. The minimum atomic E-state index is -0.114. The van der Waals surface area contributed by atoms with E-state index in [1.54, 1.807) is 18.2 Å². The van der Waals surface area contributed by atoms with Crippen LogP contribution in [0, 0.1) is 0 Å². The molecule has 0 atom stereocenters. The number of aromatic nitrogens is 1. The molecule has 1 heterocycles. The first-order chi connectivity index (χ1) is 8.58. The predicted octanol–water partition coefficient (Wildman–Crippen LogP) is -4.86. The minimum absolute atomic E-state index is 0. The molecule has 0 aromatic carbocycles. The summed E-state index contributed by atoms with van der Waals surface area (Å²) in [5.74, 6) is -0.228. The van der Waals surface area contributed by atoms with Crippen molar-refractivity contribution >= 4 is 36.8 Å². The summed E-state index contributed by atoms with van der Waals surface area (Å²) in [5, 5.41) is 14.3. The van der Waals surface area contributed by atoms with Crippen molar-refractivity contribution in [1.82, 2.24) is 0 Å². The highest BCUT2D eigenvalue weighted by molar-refractivity contribution is 5.85. The topological polar surface area (TPSA) is 168 Å². The van der Waals surface area contributed by atoms with Gasteiger partial charge < -0.3 is 35.3 Å². The minimum Gasteiger partial charge on any atom is -1.00 e. The Morgan fingerprint density at radius 3 is 1.65 bits per heavy atom. The van der Waals surface area contributed by atoms with Crippen molar-refractivity contribution in [1.29, 1.82) is 0 Å². The maximum Gasteiger partial charge on any atom is 0.224 e. The van der Waals surface area contributed by atoms with Gasteiger partial charge in [-0.05, 0) is 6.07 Å². The van der Waals surface area contributed by atoms with E-state index in [2.05, 4.69) is 25.4 Å². The highest BCUT2D eigenvalue weighted by Gasteiger charge is 2.00. The Morgan fingerprint density at radius 1 is 0.900 bits per heavy atom. The smallest absolute Gasteiger partial charge is 0.224 e. The van der Waals surface area contributed by atoms with Crippen LogP contribution in [0.25, 0.3) is 0 Å². The lowest BCUT2D eigenvalue weighted by molar-refractivity contribution is -0.381. The standard InChI is InChI=1S/C9H13N9.2ClH/c10-8(11)17-14-4-6-2-1-3-7(16-6)5-15-18-9(12)13;;/h1-5H,(H4,10,11,17)(H4,12,13,18);2*1H/b14-4+,15-5+;;. The molecule has 0 spiro atoms. The van der Waals surface area contributed by atoms with Gasteiger partial charge in [0.25, 0.3) is 0 Å². The fourth-order valence-corrected chi connectivity index (χ4v) is 0.972. The van der Waals surface area contributed by atoms with Gasteiger partial charge in [-0.25, -0.2) is 4.98 Å². The third-order valence-corrected chi connectivity index (χ3v) is 1.58. The van der Waals surface area contributed by atoms with E-state index in [0.29, 0.717) is 11.4 Å². The molecule has 0 bridgehead atoms. The van der Waals surface area contributed by atoms with Crippen molar-refractivity contribution < 1.29 is 17.4 Å². The maximum atomic E-state index is 5.12. The van der Waals surface area contributed by atoms with Crippen molar-refractivity contribution in [2.24, 2.45) is 43.3 Å². The summed E-state index contributed by atoms with van der Waals surface area (Å²) < 4.78 is 0. The van der Waals surface area contributed by atoms with Crippen LogP contribution in [0.3, 0.4) is 0 Å². The number of hydrogen-bond donors (Lipinski definition) is 4. The zero-order valence-corrected chi connectivity index (χ0v) is 11.8. The van der Waals surface area contributed by atoms with Crippen molar-refractivity contribution in [3.63, 3.8) is 0 Å². The quantitative estimate of drug-likeness (QED) is 0.248. The Kier molecular flexibility index (Phi) is 10.5. The summed E-state index contributed by atoms with van der Waals surface area (Å²) in [6.07, 6.45) is 2.91. The summed E-state index contributed by atoms with van der Waals surface area (Å²) in [4.78, 5) is 2.99. The van der Waals surface area contributed by atoms with E-state index in [-0.39, 0.29) is 36.7 Å². The molecule has 20 heavy (non-hydrogen) atoms. The number of hydrogen-bond acceptors (Lipinski definition) is 4. The van der Waals surface area contributed by atoms with Gasteiger partial charge in [0, 0.05) is 12.1 Å². The molecule has 1 aromatic rings. The first-order valence-corrected chi connectivity index (χ1v) is 4.84. The van der Waals surface area contributed by atoms with Gasteiger partial charge >= 0.3 is 0 Å². The molecule has 0 saturated carbocycles. The summed E-state index contributed by atoms with van der Waals surface area (Å²) in [6, 6.07) is 5.36. The molecule has 1 rings (SSSR count). The SMILES string of the molecule is Cl.NC(N)=N/N=C/c1cccc(/C=N/N=C(N)N)[nH+]1.[Cl-]. The number of nitrogens with one attached hydrogen (secondary N) is 1. The van der Waals surface area contributed by atoms with Crippen LogP contribution in [0.1, 0.15) is 11.4 Å². The molecule has 9 N–H and O–H groups in total. The Bertz CT molecular complexity index is 473. The number of pyridine rings is 1. The molecule has 0 fully saturated rings. The zero-order chi connectivity index (χ0) is 13.4. The molecule has 110 valence electrons. The first kappa shape index (κ1) is 19.9. The monoisotopic (exact) mass is 319 g/mol. The Balaban J connectivity index is 0. The number of guanidine groups is 2. The Hall–Kier alpha value is -2.39. The Labute approximate surface area is 127 Å². The number of halogens is 2. The summed E-state index contributed by atoms with van der Waals surface area (Å²) >= 11 is 0. The lowest BCUT2D eigenvalue weighted by atomic mass is 10.3. The van der Waals surface area contributed by atoms with E-state index in [4.69, 9.17) is 22.9 Å². The highest BCUT2D eigenvalue weighted by Crippen LogP contribution is 1.89. The zero-order valence-electron chi connectivity index (χ0n) is 10.3. The van der Waals surface area contributed by atoms with Crippen LogP contribution in [0.4, 0.5) is 0 Å². The van der Waals surface area contributed by atoms with Gasteiger partial charge in [-0.15, -0.1) is 32.8 Å². The van der Waals surface area contributed by atoms with Crippen molar-refractivity contribution in [2.45, 2.75) is 0 Å². The van der Waals surface area contributed by atoms with Gasteiger partial charge in [0.05, 0.1) is 0 Å². The number of H-pyrrole nitrogens is 1. The molecule has 0 saturated heterocycles. The van der Waals surface area contributed by atoms with E-state index in [9.17, 15) is 0 Å². The van der Waals surface area contributed by atoms with E-state index in [0.717, 1.165) is 0 Å². The second-order valence-electron chi connectivity index (χ2n) is 3.10. The van der Waals surface area contributed by atoms with Gasteiger partial charge in [0.1, 0.15) is 12.4 Å². The maximum absolute atomic E-state index is 5.12. The van der Waals surface area contributed by atoms with Gasteiger partial charge in [0.2, 0.25) is 23.3 Å². The third kappa shape index (κ3) is 8.66. The van der Waals surface area contributed by atoms with Crippen LogP contribution in [-0.2, 0) is 0 Å². The summed E-state index contributed by atoms with van der Waals surface area (Å²) in [5.41, 5.74) is 21.9. The third-order valence-electron chi connectivity index (χ3n) is 1.58. The van der Waals surface area contributed by atoms with Gasteiger partial charge in [-0.3, -0.25) is 0 Å². The average Bonchev–Trinajstić information content (AvgIpc) is 2.28. The molecule has 11 heteroatoms. The predicted molar refractivity (Wildman–Crippen MR) is 77.1 cm³/mol. The molecule has 0 radical (unpaired) electrons. The molecular formula is C9H15Cl2N9. The molecule has 1 aromatic heterocycles. The first-order valence-electron chi connectivity index (χ1n) is 4.84. The molecule has 0 aliphatic rings. The molecule has 9 nitrogen and oxygen atoms in total. The molecule has 0 aliphatic heterocycles. The number of rotatable bonds is 4. The van der Waals surface area contributed by atoms with E-state index < -0.39 is 0 Å². The van der Waals surface area contributed by atoms with E-state index >= 15 is 0 Å². The van der Waals surface area contributed by atoms with Crippen LogP contribution in [0.2, 0.25) is 0 Å². The number of aromatic amines is 1. The van der Waals surface area contributed by atoms with E-state index in [1.165, 1.54) is 12.4 Å². The van der Waals surface area contributed by atoms with Crippen LogP contribution in [-0.4, -0.2) is 24.3 Å². The second kappa shape index (κ2) is 10.5. The van der Waals surface area contributed by atoms with E-state index in [1.807, 2.05) is 0 Å². The largest absolute Gasteiger partial charge is 1.00 e. The molecule has 0 aliphatic carbocycles. The molecule has 0 amide bonds.